The number of piperazine rings is 2. The van der Waals surface area contributed by atoms with Crippen molar-refractivity contribution in [3.8, 4) is 11.3 Å². The minimum absolute atomic E-state index is 0.301. The Balaban J connectivity index is 1.04. The fourth-order valence-electron chi connectivity index (χ4n) is 5.83. The molecule has 36 heavy (non-hydrogen) atoms. The number of amides is 1. The summed E-state index contributed by atoms with van der Waals surface area (Å²) in [4.78, 5) is 30.1. The number of carbonyl (C=O) groups is 1. The lowest BCUT2D eigenvalue weighted by atomic mass is 10.1. The Bertz CT molecular complexity index is 1230. The predicted octanol–water partition coefficient (Wildman–Crippen LogP) is 2.81. The molecule has 1 saturated carbocycles. The number of H-pyrrole nitrogens is 1. The number of anilines is 2. The molecule has 3 aliphatic heterocycles. The number of pyridine rings is 1. The SMILES string of the molecule is O=C(C1CC1)N1CCN(c2ccnc3[nH]c(-c4ccc(N5CCN(C6COC6)CC5)cc4)cc23)CC1. The number of hydrogen-bond acceptors (Lipinski definition) is 6. The molecule has 8 nitrogen and oxygen atoms in total. The van der Waals surface area contributed by atoms with Gasteiger partial charge >= 0.3 is 0 Å². The van der Waals surface area contributed by atoms with Crippen LogP contribution in [0.25, 0.3) is 22.3 Å². The van der Waals surface area contributed by atoms with Crippen LogP contribution in [0.1, 0.15) is 12.8 Å². The van der Waals surface area contributed by atoms with Gasteiger partial charge in [-0.2, -0.15) is 0 Å². The van der Waals surface area contributed by atoms with Gasteiger partial charge < -0.3 is 24.4 Å². The van der Waals surface area contributed by atoms with Crippen molar-refractivity contribution in [2.24, 2.45) is 5.92 Å². The lowest BCUT2D eigenvalue weighted by molar-refractivity contribution is -0.132. The van der Waals surface area contributed by atoms with Crippen LogP contribution in [0.2, 0.25) is 0 Å². The first-order chi connectivity index (χ1) is 17.7. The monoisotopic (exact) mass is 486 g/mol. The number of aromatic amines is 1. The van der Waals surface area contributed by atoms with E-state index in [-0.39, 0.29) is 0 Å². The second-order valence-electron chi connectivity index (χ2n) is 10.6. The molecule has 7 rings (SSSR count). The molecule has 188 valence electrons. The summed E-state index contributed by atoms with van der Waals surface area (Å²) in [5.41, 5.74) is 5.67. The second kappa shape index (κ2) is 9.09. The maximum atomic E-state index is 12.4. The van der Waals surface area contributed by atoms with E-state index in [0.29, 0.717) is 17.9 Å². The Labute approximate surface area is 211 Å². The summed E-state index contributed by atoms with van der Waals surface area (Å²) in [7, 11) is 0. The first-order valence-electron chi connectivity index (χ1n) is 13.4. The summed E-state index contributed by atoms with van der Waals surface area (Å²) >= 11 is 0. The molecule has 5 heterocycles. The molecule has 0 bridgehead atoms. The largest absolute Gasteiger partial charge is 0.378 e. The van der Waals surface area contributed by atoms with Crippen LogP contribution in [-0.4, -0.2) is 97.3 Å². The molecule has 4 aliphatic rings. The predicted molar refractivity (Wildman–Crippen MR) is 141 cm³/mol. The Morgan fingerprint density at radius 1 is 0.889 bits per heavy atom. The van der Waals surface area contributed by atoms with Gasteiger partial charge in [-0.05, 0) is 42.7 Å². The second-order valence-corrected chi connectivity index (χ2v) is 10.6. The molecule has 3 aromatic rings. The molecule has 4 fully saturated rings. The summed E-state index contributed by atoms with van der Waals surface area (Å²) in [6.07, 6.45) is 4.03. The van der Waals surface area contributed by atoms with Gasteiger partial charge in [0.1, 0.15) is 5.65 Å². The number of rotatable bonds is 5. The van der Waals surface area contributed by atoms with Crippen LogP contribution in [0.5, 0.6) is 0 Å². The smallest absolute Gasteiger partial charge is 0.225 e. The van der Waals surface area contributed by atoms with Gasteiger partial charge in [0.2, 0.25) is 5.91 Å². The van der Waals surface area contributed by atoms with Crippen LogP contribution in [0.15, 0.2) is 42.6 Å². The van der Waals surface area contributed by atoms with Crippen molar-refractivity contribution in [2.45, 2.75) is 18.9 Å². The molecule has 2 aromatic heterocycles. The lowest BCUT2D eigenvalue weighted by Gasteiger charge is -2.43. The van der Waals surface area contributed by atoms with E-state index >= 15 is 0 Å². The van der Waals surface area contributed by atoms with Crippen LogP contribution < -0.4 is 9.80 Å². The number of fused-ring (bicyclic) bond motifs is 1. The fraction of sp³-hybridized carbons (Fsp3) is 0.500. The summed E-state index contributed by atoms with van der Waals surface area (Å²) in [6.45, 7) is 9.48. The van der Waals surface area contributed by atoms with Crippen molar-refractivity contribution in [2.75, 3.05) is 75.4 Å². The molecule has 0 spiro atoms. The number of nitrogens with zero attached hydrogens (tertiary/aromatic N) is 5. The third kappa shape index (κ3) is 4.12. The Kier molecular flexibility index (Phi) is 5.58. The van der Waals surface area contributed by atoms with E-state index in [1.165, 1.54) is 16.9 Å². The highest BCUT2D eigenvalue weighted by Gasteiger charge is 2.35. The van der Waals surface area contributed by atoms with Gasteiger partial charge in [0.25, 0.3) is 0 Å². The van der Waals surface area contributed by atoms with Gasteiger partial charge in [-0.3, -0.25) is 9.69 Å². The van der Waals surface area contributed by atoms with Crippen molar-refractivity contribution in [3.63, 3.8) is 0 Å². The number of ether oxygens (including phenoxy) is 1. The molecule has 0 radical (unpaired) electrons. The topological polar surface area (TPSA) is 67.9 Å². The molecule has 1 N–H and O–H groups in total. The van der Waals surface area contributed by atoms with Gasteiger partial charge in [-0.25, -0.2) is 4.98 Å². The van der Waals surface area contributed by atoms with Crippen LogP contribution in [0.4, 0.5) is 11.4 Å². The Morgan fingerprint density at radius 3 is 2.28 bits per heavy atom. The molecule has 8 heteroatoms. The maximum absolute atomic E-state index is 12.4. The van der Waals surface area contributed by atoms with Gasteiger partial charge in [0.05, 0.1) is 19.3 Å². The van der Waals surface area contributed by atoms with Crippen LogP contribution >= 0.6 is 0 Å². The Morgan fingerprint density at radius 2 is 1.61 bits per heavy atom. The minimum atomic E-state index is 0.301. The highest BCUT2D eigenvalue weighted by atomic mass is 16.5. The van der Waals surface area contributed by atoms with E-state index in [1.807, 2.05) is 6.20 Å². The average Bonchev–Trinajstić information content (AvgIpc) is 3.66. The maximum Gasteiger partial charge on any atom is 0.225 e. The molecule has 0 atom stereocenters. The van der Waals surface area contributed by atoms with Gasteiger partial charge in [0.15, 0.2) is 0 Å². The number of aromatic nitrogens is 2. The quantitative estimate of drug-likeness (QED) is 0.598. The van der Waals surface area contributed by atoms with Crippen molar-refractivity contribution < 1.29 is 9.53 Å². The third-order valence-electron chi connectivity index (χ3n) is 8.36. The molecular formula is C28H34N6O2. The van der Waals surface area contributed by atoms with Crippen LogP contribution in [0, 0.1) is 5.92 Å². The first kappa shape index (κ1) is 22.1. The van der Waals surface area contributed by atoms with Gasteiger partial charge in [-0.1, -0.05) is 12.1 Å². The van der Waals surface area contributed by atoms with Gasteiger partial charge in [0, 0.05) is 86.9 Å². The van der Waals surface area contributed by atoms with Crippen LogP contribution in [-0.2, 0) is 9.53 Å². The van der Waals surface area contributed by atoms with Crippen molar-refractivity contribution in [1.82, 2.24) is 19.8 Å². The summed E-state index contributed by atoms with van der Waals surface area (Å²) in [6, 6.07) is 13.9. The summed E-state index contributed by atoms with van der Waals surface area (Å²) < 4.78 is 5.36. The molecule has 1 aromatic carbocycles. The zero-order valence-corrected chi connectivity index (χ0v) is 20.7. The highest BCUT2D eigenvalue weighted by Crippen LogP contribution is 2.34. The molecule has 1 amide bonds. The number of hydrogen-bond donors (Lipinski definition) is 1. The molecule has 3 saturated heterocycles. The van der Waals surface area contributed by atoms with Crippen molar-refractivity contribution in [1.29, 1.82) is 0 Å². The number of benzene rings is 1. The van der Waals surface area contributed by atoms with E-state index in [2.05, 4.69) is 66.0 Å². The zero-order chi connectivity index (χ0) is 24.1. The van der Waals surface area contributed by atoms with Crippen molar-refractivity contribution in [3.05, 3.63) is 42.6 Å². The van der Waals surface area contributed by atoms with Crippen molar-refractivity contribution >= 4 is 28.3 Å². The summed E-state index contributed by atoms with van der Waals surface area (Å²) in [5, 5.41) is 1.15. The lowest BCUT2D eigenvalue weighted by Crippen LogP contribution is -2.56. The van der Waals surface area contributed by atoms with E-state index in [9.17, 15) is 4.79 Å². The van der Waals surface area contributed by atoms with Gasteiger partial charge in [-0.15, -0.1) is 0 Å². The zero-order valence-electron chi connectivity index (χ0n) is 20.7. The third-order valence-corrected chi connectivity index (χ3v) is 8.36. The highest BCUT2D eigenvalue weighted by molar-refractivity contribution is 5.94. The standard InChI is InChI=1S/C28H34N6O2/c35-28(21-1-2-21)34-15-13-33(14-16-34)26-7-8-29-27-24(26)17-25(30-27)20-3-5-22(6-4-20)31-9-11-32(12-10-31)23-18-36-19-23/h3-8,17,21,23H,1-2,9-16,18-19H2,(H,29,30). The number of nitrogens with one attached hydrogen (secondary N) is 1. The minimum Gasteiger partial charge on any atom is -0.378 e. The molecular weight excluding hydrogens is 452 g/mol. The van der Waals surface area contributed by atoms with E-state index in [1.54, 1.807) is 0 Å². The number of carbonyl (C=O) groups excluding carboxylic acids is 1. The van der Waals surface area contributed by atoms with E-state index < -0.39 is 0 Å². The fourth-order valence-corrected chi connectivity index (χ4v) is 5.83. The summed E-state index contributed by atoms with van der Waals surface area (Å²) in [5.74, 6) is 0.659. The van der Waals surface area contributed by atoms with E-state index in [4.69, 9.17) is 4.74 Å². The van der Waals surface area contributed by atoms with Crippen LogP contribution in [0.3, 0.4) is 0 Å². The molecule has 1 aliphatic carbocycles. The first-order valence-corrected chi connectivity index (χ1v) is 13.4. The molecule has 0 unspecified atom stereocenters. The normalized spacial score (nSPS) is 21.7. The van der Waals surface area contributed by atoms with E-state index in [0.717, 1.165) is 95.1 Å². The average molecular weight is 487 g/mol. The Hall–Kier alpha value is -3.10.